The van der Waals surface area contributed by atoms with Gasteiger partial charge in [0.2, 0.25) is 17.7 Å². The topological polar surface area (TPSA) is 199 Å². The van der Waals surface area contributed by atoms with Crippen molar-refractivity contribution in [1.29, 1.82) is 0 Å². The highest BCUT2D eigenvalue weighted by Gasteiger charge is 2.39. The molecule has 0 spiro atoms. The Balaban J connectivity index is 2.80. The molecule has 0 aromatic heterocycles. The molecule has 1 aliphatic heterocycles. The number of aliphatic hydroxyl groups is 1. The molecule has 1 saturated heterocycles. The van der Waals surface area contributed by atoms with Crippen molar-refractivity contribution in [3.05, 3.63) is 0 Å². The van der Waals surface area contributed by atoms with E-state index in [1.54, 1.807) is 0 Å². The largest absolute Gasteiger partial charge is 0.481 e. The van der Waals surface area contributed by atoms with Crippen molar-refractivity contribution in [2.45, 2.75) is 70.1 Å². The first-order valence-electron chi connectivity index (χ1n) is 10.2. The number of likely N-dealkylation sites (tertiary alicyclic amines) is 1. The second-order valence-electron chi connectivity index (χ2n) is 8.00. The Morgan fingerprint density at radius 1 is 1.10 bits per heavy atom. The minimum Gasteiger partial charge on any atom is -0.481 e. The van der Waals surface area contributed by atoms with E-state index < -0.39 is 60.4 Å². The van der Waals surface area contributed by atoms with Gasteiger partial charge >= 0.3 is 11.9 Å². The number of amides is 3. The standard InChI is InChI=1S/C19H32N4O8/c1-10(2)8-12(19(30)31)21-17(28)14-4-3-7-23(14)18(29)13(9-24)22-16(27)11(20)5-6-15(25)26/h10-14,24H,3-9,20H2,1-2H3,(H,21,28)(H,22,27)(H,25,26)(H,30,31). The highest BCUT2D eigenvalue weighted by atomic mass is 16.4. The summed E-state index contributed by atoms with van der Waals surface area (Å²) >= 11 is 0. The third-order valence-electron chi connectivity index (χ3n) is 4.96. The summed E-state index contributed by atoms with van der Waals surface area (Å²) in [4.78, 5) is 60.8. The zero-order valence-electron chi connectivity index (χ0n) is 17.7. The molecule has 1 rings (SSSR count). The lowest BCUT2D eigenvalue weighted by atomic mass is 10.0. The molecule has 0 bridgehead atoms. The van der Waals surface area contributed by atoms with E-state index in [1.165, 1.54) is 4.90 Å². The maximum Gasteiger partial charge on any atom is 0.326 e. The van der Waals surface area contributed by atoms with Crippen molar-refractivity contribution < 1.29 is 39.3 Å². The van der Waals surface area contributed by atoms with Crippen LogP contribution in [0.25, 0.3) is 0 Å². The van der Waals surface area contributed by atoms with Crippen molar-refractivity contribution in [1.82, 2.24) is 15.5 Å². The first-order valence-corrected chi connectivity index (χ1v) is 10.2. The Bertz CT molecular complexity index is 684. The van der Waals surface area contributed by atoms with Gasteiger partial charge in [0, 0.05) is 13.0 Å². The van der Waals surface area contributed by atoms with Crippen molar-refractivity contribution in [3.63, 3.8) is 0 Å². The monoisotopic (exact) mass is 444 g/mol. The van der Waals surface area contributed by atoms with Crippen molar-refractivity contribution in [2.75, 3.05) is 13.2 Å². The van der Waals surface area contributed by atoms with Crippen LogP contribution in [0.4, 0.5) is 0 Å². The minimum atomic E-state index is -1.36. The number of carbonyl (C=O) groups is 5. The van der Waals surface area contributed by atoms with Crippen molar-refractivity contribution in [3.8, 4) is 0 Å². The summed E-state index contributed by atoms with van der Waals surface area (Å²) in [7, 11) is 0. The van der Waals surface area contributed by atoms with E-state index in [0.29, 0.717) is 12.8 Å². The number of carboxylic acids is 2. The highest BCUT2D eigenvalue weighted by Crippen LogP contribution is 2.19. The lowest BCUT2D eigenvalue weighted by molar-refractivity contribution is -0.145. The molecule has 3 amide bonds. The molecule has 1 heterocycles. The summed E-state index contributed by atoms with van der Waals surface area (Å²) < 4.78 is 0. The average Bonchev–Trinajstić information content (AvgIpc) is 3.18. The molecular weight excluding hydrogens is 412 g/mol. The van der Waals surface area contributed by atoms with E-state index in [4.69, 9.17) is 10.8 Å². The van der Waals surface area contributed by atoms with Crippen molar-refractivity contribution >= 4 is 29.7 Å². The van der Waals surface area contributed by atoms with Gasteiger partial charge in [-0.05, 0) is 31.6 Å². The zero-order valence-corrected chi connectivity index (χ0v) is 17.7. The van der Waals surface area contributed by atoms with E-state index in [9.17, 15) is 34.2 Å². The molecule has 176 valence electrons. The van der Waals surface area contributed by atoms with Gasteiger partial charge in [-0.2, -0.15) is 0 Å². The van der Waals surface area contributed by atoms with Gasteiger partial charge in [-0.1, -0.05) is 13.8 Å². The molecule has 7 N–H and O–H groups in total. The summed E-state index contributed by atoms with van der Waals surface area (Å²) in [5, 5.41) is 32.3. The van der Waals surface area contributed by atoms with Crippen LogP contribution in [-0.2, 0) is 24.0 Å². The van der Waals surface area contributed by atoms with Crippen molar-refractivity contribution in [2.24, 2.45) is 11.7 Å². The second kappa shape index (κ2) is 12.2. The number of nitrogens with one attached hydrogen (secondary N) is 2. The van der Waals surface area contributed by atoms with E-state index in [2.05, 4.69) is 10.6 Å². The maximum absolute atomic E-state index is 12.8. The lowest BCUT2D eigenvalue weighted by Gasteiger charge is -2.29. The van der Waals surface area contributed by atoms with Crippen LogP contribution < -0.4 is 16.4 Å². The van der Waals surface area contributed by atoms with Crippen LogP contribution in [0.1, 0.15) is 46.0 Å². The van der Waals surface area contributed by atoms with E-state index >= 15 is 0 Å². The fraction of sp³-hybridized carbons (Fsp3) is 0.737. The Hall–Kier alpha value is -2.73. The van der Waals surface area contributed by atoms with E-state index in [-0.39, 0.29) is 31.7 Å². The average molecular weight is 444 g/mol. The van der Waals surface area contributed by atoms with Crippen LogP contribution in [0, 0.1) is 5.92 Å². The number of nitrogens with two attached hydrogens (primary N) is 1. The normalized spacial score (nSPS) is 18.9. The van der Waals surface area contributed by atoms with Gasteiger partial charge in [-0.25, -0.2) is 4.79 Å². The summed E-state index contributed by atoms with van der Waals surface area (Å²) in [6.07, 6.45) is 0.563. The van der Waals surface area contributed by atoms with Gasteiger partial charge in [0.15, 0.2) is 0 Å². The molecule has 0 radical (unpaired) electrons. The van der Waals surface area contributed by atoms with Crippen LogP contribution in [0.5, 0.6) is 0 Å². The number of carboxylic acid groups (broad SMARTS) is 2. The van der Waals surface area contributed by atoms with Crippen LogP contribution in [0.3, 0.4) is 0 Å². The third-order valence-corrected chi connectivity index (χ3v) is 4.96. The van der Waals surface area contributed by atoms with Crippen LogP contribution in [0.15, 0.2) is 0 Å². The van der Waals surface area contributed by atoms with Gasteiger partial charge in [-0.15, -0.1) is 0 Å². The summed E-state index contributed by atoms with van der Waals surface area (Å²) in [6.45, 7) is 3.11. The molecule has 31 heavy (non-hydrogen) atoms. The fourth-order valence-corrected chi connectivity index (χ4v) is 3.34. The quantitative estimate of drug-likeness (QED) is 0.202. The predicted octanol–water partition coefficient (Wildman–Crippen LogP) is -1.74. The summed E-state index contributed by atoms with van der Waals surface area (Å²) in [5.74, 6) is -4.37. The molecular formula is C19H32N4O8. The van der Waals surface area contributed by atoms with Crippen LogP contribution in [0.2, 0.25) is 0 Å². The molecule has 12 nitrogen and oxygen atoms in total. The molecule has 0 aromatic carbocycles. The molecule has 0 aromatic rings. The first-order chi connectivity index (χ1) is 14.5. The maximum atomic E-state index is 12.8. The molecule has 1 fully saturated rings. The molecule has 12 heteroatoms. The van der Waals surface area contributed by atoms with Gasteiger partial charge in [0.05, 0.1) is 12.6 Å². The van der Waals surface area contributed by atoms with Gasteiger partial charge in [0.25, 0.3) is 0 Å². The molecule has 4 unspecified atom stereocenters. The zero-order chi connectivity index (χ0) is 23.7. The number of aliphatic hydroxyl groups excluding tert-OH is 1. The number of rotatable bonds is 12. The Morgan fingerprint density at radius 3 is 2.26 bits per heavy atom. The smallest absolute Gasteiger partial charge is 0.326 e. The Morgan fingerprint density at radius 2 is 1.74 bits per heavy atom. The second-order valence-corrected chi connectivity index (χ2v) is 8.00. The number of hydrogen-bond acceptors (Lipinski definition) is 7. The number of hydrogen-bond donors (Lipinski definition) is 6. The predicted molar refractivity (Wildman–Crippen MR) is 108 cm³/mol. The minimum absolute atomic E-state index is 0.0297. The number of nitrogens with zero attached hydrogens (tertiary/aromatic N) is 1. The van der Waals surface area contributed by atoms with E-state index in [0.717, 1.165) is 0 Å². The third kappa shape index (κ3) is 8.13. The molecule has 0 saturated carbocycles. The summed E-state index contributed by atoms with van der Waals surface area (Å²) in [5.41, 5.74) is 5.62. The fourth-order valence-electron chi connectivity index (χ4n) is 3.34. The van der Waals surface area contributed by atoms with E-state index in [1.807, 2.05) is 13.8 Å². The molecule has 1 aliphatic rings. The Labute approximate surface area is 180 Å². The molecule has 4 atom stereocenters. The number of aliphatic carboxylic acids is 2. The van der Waals surface area contributed by atoms with Crippen LogP contribution >= 0.6 is 0 Å². The van der Waals surface area contributed by atoms with Gasteiger partial charge < -0.3 is 36.6 Å². The summed E-state index contributed by atoms with van der Waals surface area (Å²) in [6, 6.07) is -4.55. The molecule has 0 aliphatic carbocycles. The van der Waals surface area contributed by atoms with Crippen LogP contribution in [-0.4, -0.2) is 87.2 Å². The lowest BCUT2D eigenvalue weighted by Crippen LogP contribution is -2.57. The number of carbonyl (C=O) groups excluding carboxylic acids is 3. The SMILES string of the molecule is CC(C)CC(NC(=O)C1CCCN1C(=O)C(CO)NC(=O)C(N)CCC(=O)O)C(=O)O. The highest BCUT2D eigenvalue weighted by molar-refractivity contribution is 5.94. The van der Waals surface area contributed by atoms with Gasteiger partial charge in [0.1, 0.15) is 18.1 Å². The van der Waals surface area contributed by atoms with Gasteiger partial charge in [-0.3, -0.25) is 19.2 Å². The first kappa shape index (κ1) is 26.3. The Kier molecular flexibility index (Phi) is 10.4.